The Bertz CT molecular complexity index is 976. The number of halogens is 1. The van der Waals surface area contributed by atoms with Crippen molar-refractivity contribution >= 4 is 41.2 Å². The van der Waals surface area contributed by atoms with Gasteiger partial charge in [0.2, 0.25) is 0 Å². The van der Waals surface area contributed by atoms with Crippen LogP contribution >= 0.6 is 11.6 Å². The molecule has 2 aromatic rings. The molecule has 0 radical (unpaired) electrons. The van der Waals surface area contributed by atoms with Gasteiger partial charge in [-0.1, -0.05) is 29.3 Å². The molecule has 3 N–H and O–H groups in total. The smallest absolute Gasteiger partial charge is 0.329 e. The lowest BCUT2D eigenvalue weighted by Crippen LogP contribution is -2.37. The lowest BCUT2D eigenvalue weighted by atomic mass is 10.2. The van der Waals surface area contributed by atoms with Crippen LogP contribution in [0.1, 0.15) is 18.1 Å². The van der Waals surface area contributed by atoms with Crippen molar-refractivity contribution in [1.29, 1.82) is 0 Å². The summed E-state index contributed by atoms with van der Waals surface area (Å²) in [6.45, 7) is 3.69. The number of hydrogen-bond donors (Lipinski definition) is 3. The standard InChI is InChI=1S/C21H23ClN4O5/c1-4-23-20(28)21(29)26-24-11-14-9-16(22)19(17(10-14)30-3)31-12-18(27)25-15-7-5-13(2)6-8-15/h5-11H,4,12H2,1-3H3,(H,23,28)(H,25,27)(H,26,29)/b24-11-. The van der Waals surface area contributed by atoms with Gasteiger partial charge in [0.25, 0.3) is 5.91 Å². The third-order valence-electron chi connectivity index (χ3n) is 3.86. The Morgan fingerprint density at radius 1 is 1.13 bits per heavy atom. The maximum absolute atomic E-state index is 12.1. The predicted octanol–water partition coefficient (Wildman–Crippen LogP) is 2.26. The first-order chi connectivity index (χ1) is 14.8. The SMILES string of the molecule is CCNC(=O)C(=O)N/N=C\c1cc(Cl)c(OCC(=O)Nc2ccc(C)cc2)c(OC)c1. The number of benzene rings is 2. The van der Waals surface area contributed by atoms with Gasteiger partial charge < -0.3 is 20.1 Å². The summed E-state index contributed by atoms with van der Waals surface area (Å²) in [6, 6.07) is 10.4. The fourth-order valence-electron chi connectivity index (χ4n) is 2.38. The summed E-state index contributed by atoms with van der Waals surface area (Å²) in [5, 5.41) is 8.97. The first-order valence-corrected chi connectivity index (χ1v) is 9.70. The van der Waals surface area contributed by atoms with Crippen LogP contribution in [0, 0.1) is 6.92 Å². The van der Waals surface area contributed by atoms with Gasteiger partial charge in [-0.05, 0) is 43.7 Å². The zero-order chi connectivity index (χ0) is 22.8. The summed E-state index contributed by atoms with van der Waals surface area (Å²) in [6.07, 6.45) is 1.29. The van der Waals surface area contributed by atoms with Crippen molar-refractivity contribution in [2.24, 2.45) is 5.10 Å². The number of nitrogens with zero attached hydrogens (tertiary/aromatic N) is 1. The summed E-state index contributed by atoms with van der Waals surface area (Å²) in [7, 11) is 1.42. The van der Waals surface area contributed by atoms with E-state index in [9.17, 15) is 14.4 Å². The molecule has 164 valence electrons. The van der Waals surface area contributed by atoms with E-state index in [1.54, 1.807) is 25.1 Å². The zero-order valence-corrected chi connectivity index (χ0v) is 18.1. The highest BCUT2D eigenvalue weighted by Gasteiger charge is 2.14. The van der Waals surface area contributed by atoms with Crippen molar-refractivity contribution in [2.45, 2.75) is 13.8 Å². The molecule has 0 bridgehead atoms. The largest absolute Gasteiger partial charge is 0.493 e. The van der Waals surface area contributed by atoms with Gasteiger partial charge in [0, 0.05) is 12.2 Å². The molecule has 0 atom stereocenters. The minimum Gasteiger partial charge on any atom is -0.493 e. The molecular formula is C21H23ClN4O5. The number of hydrogen-bond acceptors (Lipinski definition) is 6. The summed E-state index contributed by atoms with van der Waals surface area (Å²) in [5.41, 5.74) is 4.32. The van der Waals surface area contributed by atoms with E-state index in [0.29, 0.717) is 17.8 Å². The summed E-state index contributed by atoms with van der Waals surface area (Å²) < 4.78 is 10.8. The molecule has 0 aliphatic carbocycles. The topological polar surface area (TPSA) is 118 Å². The lowest BCUT2D eigenvalue weighted by Gasteiger charge is -2.13. The van der Waals surface area contributed by atoms with E-state index in [1.807, 2.05) is 19.1 Å². The van der Waals surface area contributed by atoms with Gasteiger partial charge in [0.05, 0.1) is 18.3 Å². The second kappa shape index (κ2) is 11.6. The van der Waals surface area contributed by atoms with E-state index in [2.05, 4.69) is 21.2 Å². The summed E-state index contributed by atoms with van der Waals surface area (Å²) in [4.78, 5) is 35.0. The molecule has 0 aromatic heterocycles. The quantitative estimate of drug-likeness (QED) is 0.326. The van der Waals surface area contributed by atoms with Gasteiger partial charge >= 0.3 is 11.8 Å². The maximum Gasteiger partial charge on any atom is 0.329 e. The molecule has 0 spiro atoms. The van der Waals surface area contributed by atoms with Gasteiger partial charge in [-0.3, -0.25) is 14.4 Å². The van der Waals surface area contributed by atoms with Crippen LogP contribution in [-0.4, -0.2) is 44.2 Å². The third-order valence-corrected chi connectivity index (χ3v) is 4.14. The molecule has 10 heteroatoms. The van der Waals surface area contributed by atoms with Crippen LogP contribution < -0.4 is 25.5 Å². The monoisotopic (exact) mass is 446 g/mol. The average molecular weight is 447 g/mol. The maximum atomic E-state index is 12.1. The molecule has 0 aliphatic heterocycles. The van der Waals surface area contributed by atoms with Crippen molar-refractivity contribution in [2.75, 3.05) is 25.6 Å². The highest BCUT2D eigenvalue weighted by atomic mass is 35.5. The molecule has 2 aromatic carbocycles. The van der Waals surface area contributed by atoms with Crippen LogP contribution in [0.2, 0.25) is 5.02 Å². The highest BCUT2D eigenvalue weighted by Crippen LogP contribution is 2.36. The van der Waals surface area contributed by atoms with E-state index < -0.39 is 11.8 Å². The Morgan fingerprint density at radius 2 is 1.84 bits per heavy atom. The number of carbonyl (C=O) groups excluding carboxylic acids is 3. The molecule has 0 fully saturated rings. The molecule has 0 saturated heterocycles. The second-order valence-corrected chi connectivity index (χ2v) is 6.70. The van der Waals surface area contributed by atoms with Crippen LogP contribution in [0.3, 0.4) is 0 Å². The van der Waals surface area contributed by atoms with E-state index in [1.165, 1.54) is 19.4 Å². The number of carbonyl (C=O) groups is 3. The molecule has 3 amide bonds. The molecule has 0 unspecified atom stereocenters. The van der Waals surface area contributed by atoms with Gasteiger partial charge in [0.1, 0.15) is 0 Å². The number of anilines is 1. The number of hydrazone groups is 1. The second-order valence-electron chi connectivity index (χ2n) is 6.30. The summed E-state index contributed by atoms with van der Waals surface area (Å²) in [5.74, 6) is -1.59. The number of likely N-dealkylation sites (N-methyl/N-ethyl adjacent to an activating group) is 1. The van der Waals surface area contributed by atoms with Crippen molar-refractivity contribution < 1.29 is 23.9 Å². The Morgan fingerprint density at radius 3 is 2.48 bits per heavy atom. The Hall–Kier alpha value is -3.59. The first-order valence-electron chi connectivity index (χ1n) is 9.32. The highest BCUT2D eigenvalue weighted by molar-refractivity contribution is 6.35. The Labute approximate surface area is 184 Å². The number of nitrogens with one attached hydrogen (secondary N) is 3. The van der Waals surface area contributed by atoms with Gasteiger partial charge in [-0.25, -0.2) is 5.43 Å². The fourth-order valence-corrected chi connectivity index (χ4v) is 2.66. The number of ether oxygens (including phenoxy) is 2. The van der Waals surface area contributed by atoms with Crippen LogP contribution in [0.25, 0.3) is 0 Å². The number of rotatable bonds is 8. The number of methoxy groups -OCH3 is 1. The minimum absolute atomic E-state index is 0.180. The van der Waals surface area contributed by atoms with Crippen LogP contribution in [0.4, 0.5) is 5.69 Å². The van der Waals surface area contributed by atoms with Gasteiger partial charge in [-0.15, -0.1) is 0 Å². The van der Waals surface area contributed by atoms with Crippen molar-refractivity contribution in [1.82, 2.24) is 10.7 Å². The predicted molar refractivity (Wildman–Crippen MR) is 118 cm³/mol. The summed E-state index contributed by atoms with van der Waals surface area (Å²) >= 11 is 6.26. The van der Waals surface area contributed by atoms with Crippen LogP contribution in [0.5, 0.6) is 11.5 Å². The number of amides is 3. The van der Waals surface area contributed by atoms with Crippen molar-refractivity contribution in [3.05, 3.63) is 52.5 Å². The van der Waals surface area contributed by atoms with E-state index in [-0.39, 0.29) is 29.0 Å². The number of aryl methyl sites for hydroxylation is 1. The van der Waals surface area contributed by atoms with Crippen LogP contribution in [-0.2, 0) is 14.4 Å². The molecule has 2 rings (SSSR count). The van der Waals surface area contributed by atoms with Crippen molar-refractivity contribution in [3.8, 4) is 11.5 Å². The Kier molecular flexibility index (Phi) is 8.83. The molecule has 0 heterocycles. The molecule has 31 heavy (non-hydrogen) atoms. The van der Waals surface area contributed by atoms with Gasteiger partial charge in [0.15, 0.2) is 18.1 Å². The fraction of sp³-hybridized carbons (Fsp3) is 0.238. The van der Waals surface area contributed by atoms with E-state index >= 15 is 0 Å². The minimum atomic E-state index is -0.893. The zero-order valence-electron chi connectivity index (χ0n) is 17.3. The first kappa shape index (κ1) is 23.7. The lowest BCUT2D eigenvalue weighted by molar-refractivity contribution is -0.139. The van der Waals surface area contributed by atoms with Gasteiger partial charge in [-0.2, -0.15) is 5.10 Å². The Balaban J connectivity index is 2.00. The third kappa shape index (κ3) is 7.31. The normalized spacial score (nSPS) is 10.5. The van der Waals surface area contributed by atoms with Crippen molar-refractivity contribution in [3.63, 3.8) is 0 Å². The van der Waals surface area contributed by atoms with E-state index in [4.69, 9.17) is 21.1 Å². The van der Waals surface area contributed by atoms with E-state index in [0.717, 1.165) is 5.56 Å². The average Bonchev–Trinajstić information content (AvgIpc) is 2.74. The molecular weight excluding hydrogens is 424 g/mol. The van der Waals surface area contributed by atoms with Crippen LogP contribution in [0.15, 0.2) is 41.5 Å². The molecule has 0 saturated carbocycles. The molecule has 9 nitrogen and oxygen atoms in total. The molecule has 0 aliphatic rings.